The summed E-state index contributed by atoms with van der Waals surface area (Å²) in [6, 6.07) is 8.77. The summed E-state index contributed by atoms with van der Waals surface area (Å²) in [5.41, 5.74) is 0.223. The first kappa shape index (κ1) is 22.1. The number of amides is 1. The number of nitrogens with one attached hydrogen (secondary N) is 1. The number of anilines is 2. The van der Waals surface area contributed by atoms with E-state index in [2.05, 4.69) is 5.32 Å². The number of nitro benzene ring substituents is 1. The molecule has 0 saturated carbocycles. The number of nitro groups is 1. The summed E-state index contributed by atoms with van der Waals surface area (Å²) >= 11 is 0. The molecule has 1 N–H and O–H groups in total. The second-order valence-electron chi connectivity index (χ2n) is 6.10. The topological polar surface area (TPSA) is 119 Å². The van der Waals surface area contributed by atoms with Crippen molar-refractivity contribution in [1.82, 2.24) is 0 Å². The second-order valence-corrected chi connectivity index (χ2v) is 8.01. The Kier molecular flexibility index (Phi) is 7.10. The van der Waals surface area contributed by atoms with Crippen LogP contribution in [0.1, 0.15) is 12.8 Å². The molecule has 0 unspecified atom stereocenters. The molecule has 0 bridgehead atoms. The van der Waals surface area contributed by atoms with E-state index in [1.807, 2.05) is 0 Å². The highest BCUT2D eigenvalue weighted by Crippen LogP contribution is 2.29. The van der Waals surface area contributed by atoms with E-state index in [9.17, 15) is 27.7 Å². The van der Waals surface area contributed by atoms with Gasteiger partial charge < -0.3 is 10.1 Å². The van der Waals surface area contributed by atoms with Crippen LogP contribution in [0.5, 0.6) is 5.75 Å². The fraction of sp³-hybridized carbons (Fsp3) is 0.278. The molecule has 0 saturated heterocycles. The summed E-state index contributed by atoms with van der Waals surface area (Å²) in [6.07, 6.45) is 1.15. The highest BCUT2D eigenvalue weighted by molar-refractivity contribution is 7.92. The van der Waals surface area contributed by atoms with Crippen molar-refractivity contribution in [3.8, 4) is 5.75 Å². The van der Waals surface area contributed by atoms with Crippen LogP contribution in [0.3, 0.4) is 0 Å². The van der Waals surface area contributed by atoms with Gasteiger partial charge in [-0.05, 0) is 36.8 Å². The van der Waals surface area contributed by atoms with E-state index in [0.717, 1.165) is 22.7 Å². The van der Waals surface area contributed by atoms with Crippen LogP contribution < -0.4 is 14.4 Å². The van der Waals surface area contributed by atoms with Crippen LogP contribution in [0.2, 0.25) is 0 Å². The number of rotatable bonds is 9. The molecule has 0 heterocycles. The molecular weight excluding hydrogens is 405 g/mol. The molecule has 1 amide bonds. The third kappa shape index (κ3) is 6.14. The van der Waals surface area contributed by atoms with Crippen LogP contribution in [0, 0.1) is 15.9 Å². The van der Waals surface area contributed by atoms with Crippen LogP contribution in [0.4, 0.5) is 21.5 Å². The molecule has 9 nitrogen and oxygen atoms in total. The zero-order chi connectivity index (χ0) is 21.6. The molecule has 0 aliphatic carbocycles. The molecule has 0 spiro atoms. The molecule has 0 aliphatic rings. The van der Waals surface area contributed by atoms with Gasteiger partial charge in [-0.1, -0.05) is 0 Å². The number of benzene rings is 2. The lowest BCUT2D eigenvalue weighted by Crippen LogP contribution is -2.31. The second kappa shape index (κ2) is 9.32. The predicted molar refractivity (Wildman–Crippen MR) is 106 cm³/mol. The summed E-state index contributed by atoms with van der Waals surface area (Å²) in [5, 5.41) is 13.4. The average Bonchev–Trinajstić information content (AvgIpc) is 2.65. The quantitative estimate of drug-likeness (QED) is 0.487. The number of hydrogen-bond donors (Lipinski definition) is 1. The van der Waals surface area contributed by atoms with Gasteiger partial charge in [-0.15, -0.1) is 0 Å². The maximum Gasteiger partial charge on any atom is 0.271 e. The number of sulfonamides is 1. The lowest BCUT2D eigenvalue weighted by molar-refractivity contribution is -0.384. The zero-order valence-corrected chi connectivity index (χ0v) is 16.6. The monoisotopic (exact) mass is 425 g/mol. The first-order valence-electron chi connectivity index (χ1n) is 8.47. The number of carbonyl (C=O) groups excluding carboxylic acids is 1. The van der Waals surface area contributed by atoms with E-state index in [4.69, 9.17) is 4.74 Å². The SMILES string of the molecule is COc1ccc([N+](=O)[O-])cc1NC(=O)CCCN(c1ccc(F)cc1)S(C)(=O)=O. The van der Waals surface area contributed by atoms with Gasteiger partial charge in [0.15, 0.2) is 0 Å². The summed E-state index contributed by atoms with van der Waals surface area (Å²) < 4.78 is 43.3. The van der Waals surface area contributed by atoms with Crippen molar-refractivity contribution in [1.29, 1.82) is 0 Å². The van der Waals surface area contributed by atoms with Crippen molar-refractivity contribution >= 4 is 33.0 Å². The molecule has 156 valence electrons. The molecule has 0 radical (unpaired) electrons. The Hall–Kier alpha value is -3.21. The minimum absolute atomic E-state index is 0.00393. The summed E-state index contributed by atoms with van der Waals surface area (Å²) in [5.74, 6) is -0.697. The van der Waals surface area contributed by atoms with E-state index in [0.29, 0.717) is 0 Å². The first-order valence-corrected chi connectivity index (χ1v) is 10.3. The molecule has 0 aliphatic heterocycles. The minimum atomic E-state index is -3.63. The fourth-order valence-electron chi connectivity index (χ4n) is 2.60. The smallest absolute Gasteiger partial charge is 0.271 e. The maximum atomic E-state index is 13.1. The van der Waals surface area contributed by atoms with E-state index in [1.54, 1.807) is 0 Å². The number of non-ortho nitro benzene ring substituents is 1. The van der Waals surface area contributed by atoms with Crippen LogP contribution >= 0.6 is 0 Å². The highest BCUT2D eigenvalue weighted by atomic mass is 32.2. The van der Waals surface area contributed by atoms with Gasteiger partial charge in [0.05, 0.1) is 29.7 Å². The summed E-state index contributed by atoms with van der Waals surface area (Å²) in [7, 11) is -2.26. The molecule has 0 atom stereocenters. The van der Waals surface area contributed by atoms with Crippen molar-refractivity contribution in [2.45, 2.75) is 12.8 Å². The lowest BCUT2D eigenvalue weighted by Gasteiger charge is -2.22. The molecule has 29 heavy (non-hydrogen) atoms. The van der Waals surface area contributed by atoms with E-state index < -0.39 is 26.7 Å². The Morgan fingerprint density at radius 3 is 2.45 bits per heavy atom. The van der Waals surface area contributed by atoms with Crippen LogP contribution in [-0.2, 0) is 14.8 Å². The van der Waals surface area contributed by atoms with Crippen molar-refractivity contribution in [2.75, 3.05) is 29.5 Å². The fourth-order valence-corrected chi connectivity index (χ4v) is 3.56. The molecular formula is C18H20FN3O6S. The molecule has 11 heteroatoms. The standard InChI is InChI=1S/C18H20FN3O6S/c1-28-17-10-9-15(22(24)25)12-16(17)20-18(23)4-3-11-21(29(2,26)27)14-7-5-13(19)6-8-14/h5-10,12H,3-4,11H2,1-2H3,(H,20,23). The third-order valence-electron chi connectivity index (χ3n) is 3.95. The molecule has 2 aromatic carbocycles. The molecule has 0 aromatic heterocycles. The zero-order valence-electron chi connectivity index (χ0n) is 15.8. The van der Waals surface area contributed by atoms with Crippen molar-refractivity contribution in [3.63, 3.8) is 0 Å². The number of ether oxygens (including phenoxy) is 1. The van der Waals surface area contributed by atoms with Gasteiger partial charge >= 0.3 is 0 Å². The van der Waals surface area contributed by atoms with E-state index >= 15 is 0 Å². The van der Waals surface area contributed by atoms with Gasteiger partial charge in [0.2, 0.25) is 15.9 Å². The number of hydrogen-bond acceptors (Lipinski definition) is 6. The Bertz CT molecular complexity index is 995. The van der Waals surface area contributed by atoms with Crippen molar-refractivity contribution < 1.29 is 27.3 Å². The molecule has 2 rings (SSSR count). The minimum Gasteiger partial charge on any atom is -0.495 e. The van der Waals surface area contributed by atoms with Gasteiger partial charge in [-0.3, -0.25) is 19.2 Å². The molecule has 0 fully saturated rings. The first-order chi connectivity index (χ1) is 13.6. The maximum absolute atomic E-state index is 13.1. The summed E-state index contributed by atoms with van der Waals surface area (Å²) in [6.45, 7) is 0.00393. The molecule has 2 aromatic rings. The Labute approximate surface area is 167 Å². The Morgan fingerprint density at radius 2 is 1.90 bits per heavy atom. The number of methoxy groups -OCH3 is 1. The van der Waals surface area contributed by atoms with Gasteiger partial charge in [-0.2, -0.15) is 0 Å². The van der Waals surface area contributed by atoms with E-state index in [1.165, 1.54) is 37.4 Å². The van der Waals surface area contributed by atoms with E-state index in [-0.39, 0.29) is 42.2 Å². The van der Waals surface area contributed by atoms with Crippen molar-refractivity contribution in [2.24, 2.45) is 0 Å². The van der Waals surface area contributed by atoms with Crippen LogP contribution in [0.15, 0.2) is 42.5 Å². The van der Waals surface area contributed by atoms with Gasteiger partial charge in [0.1, 0.15) is 11.6 Å². The largest absolute Gasteiger partial charge is 0.495 e. The summed E-state index contributed by atoms with van der Waals surface area (Å²) in [4.78, 5) is 22.5. The Morgan fingerprint density at radius 1 is 1.24 bits per heavy atom. The predicted octanol–water partition coefficient (Wildman–Crippen LogP) is 2.93. The van der Waals surface area contributed by atoms with Crippen LogP contribution in [-0.4, -0.2) is 39.2 Å². The third-order valence-corrected chi connectivity index (χ3v) is 5.14. The van der Waals surface area contributed by atoms with Crippen LogP contribution in [0.25, 0.3) is 0 Å². The Balaban J connectivity index is 2.03. The van der Waals surface area contributed by atoms with Gasteiger partial charge in [0, 0.05) is 25.1 Å². The van der Waals surface area contributed by atoms with Crippen molar-refractivity contribution in [3.05, 3.63) is 58.4 Å². The lowest BCUT2D eigenvalue weighted by atomic mass is 10.2. The number of nitrogens with zero attached hydrogens (tertiary/aromatic N) is 2. The highest BCUT2D eigenvalue weighted by Gasteiger charge is 2.18. The van der Waals surface area contributed by atoms with Gasteiger partial charge in [-0.25, -0.2) is 12.8 Å². The normalized spacial score (nSPS) is 11.0. The number of halogens is 1. The number of carbonyl (C=O) groups is 1. The van der Waals surface area contributed by atoms with Gasteiger partial charge in [0.25, 0.3) is 5.69 Å². The average molecular weight is 425 g/mol.